The lowest BCUT2D eigenvalue weighted by Crippen LogP contribution is -2.42. The van der Waals surface area contributed by atoms with Gasteiger partial charge in [-0.3, -0.25) is 14.2 Å². The molecule has 6 nitrogen and oxygen atoms in total. The van der Waals surface area contributed by atoms with Crippen LogP contribution in [0.3, 0.4) is 0 Å². The molecular weight excluding hydrogens is 354 g/mol. The van der Waals surface area contributed by atoms with Crippen LogP contribution >= 0.6 is 0 Å². The number of aryl methyl sites for hydroxylation is 1. The Morgan fingerprint density at radius 1 is 1.21 bits per heavy atom. The Kier molecular flexibility index (Phi) is 4.86. The SMILES string of the molecule is Cc1cccc(Cn2c(=O)c(N3CCCC(C(=O)O)C3)nc3ccccc32)c1. The Hall–Kier alpha value is -3.15. The number of aromatic nitrogens is 2. The van der Waals surface area contributed by atoms with E-state index < -0.39 is 11.9 Å². The topological polar surface area (TPSA) is 75.4 Å². The first-order valence-corrected chi connectivity index (χ1v) is 9.56. The van der Waals surface area contributed by atoms with Crippen LogP contribution in [0, 0.1) is 12.8 Å². The standard InChI is InChI=1S/C22H23N3O3/c1-15-6-4-7-16(12-15)13-25-19-10-3-2-9-18(19)23-20(21(25)26)24-11-5-8-17(14-24)22(27)28/h2-4,6-7,9-10,12,17H,5,8,11,13-14H2,1H3,(H,27,28). The van der Waals surface area contributed by atoms with Crippen molar-refractivity contribution in [1.82, 2.24) is 9.55 Å². The number of hydrogen-bond acceptors (Lipinski definition) is 4. The van der Waals surface area contributed by atoms with E-state index in [0.29, 0.717) is 31.9 Å². The molecule has 1 fully saturated rings. The van der Waals surface area contributed by atoms with E-state index in [1.807, 2.05) is 54.3 Å². The van der Waals surface area contributed by atoms with Crippen molar-refractivity contribution >= 4 is 22.8 Å². The number of piperidine rings is 1. The number of rotatable bonds is 4. The third-order valence-electron chi connectivity index (χ3n) is 5.33. The summed E-state index contributed by atoms with van der Waals surface area (Å²) in [4.78, 5) is 31.2. The summed E-state index contributed by atoms with van der Waals surface area (Å²) in [5, 5.41) is 9.39. The van der Waals surface area contributed by atoms with Gasteiger partial charge in [0.25, 0.3) is 5.56 Å². The van der Waals surface area contributed by atoms with Gasteiger partial charge in [0.2, 0.25) is 0 Å². The largest absolute Gasteiger partial charge is 0.481 e. The zero-order valence-electron chi connectivity index (χ0n) is 15.8. The van der Waals surface area contributed by atoms with Gasteiger partial charge in [0, 0.05) is 13.1 Å². The number of carbonyl (C=O) groups is 1. The Morgan fingerprint density at radius 2 is 2.04 bits per heavy atom. The number of para-hydroxylation sites is 2. The highest BCUT2D eigenvalue weighted by Crippen LogP contribution is 2.22. The van der Waals surface area contributed by atoms with E-state index in [9.17, 15) is 14.7 Å². The van der Waals surface area contributed by atoms with Crippen molar-refractivity contribution < 1.29 is 9.90 Å². The predicted molar refractivity (Wildman–Crippen MR) is 109 cm³/mol. The first-order chi connectivity index (χ1) is 13.5. The molecule has 2 aromatic carbocycles. The molecule has 1 unspecified atom stereocenters. The Bertz CT molecular complexity index is 1090. The van der Waals surface area contributed by atoms with Gasteiger partial charge in [-0.05, 0) is 37.5 Å². The molecule has 0 radical (unpaired) electrons. The second-order valence-corrected chi connectivity index (χ2v) is 7.43. The van der Waals surface area contributed by atoms with Crippen molar-refractivity contribution in [3.05, 3.63) is 70.0 Å². The molecule has 6 heteroatoms. The molecule has 0 saturated carbocycles. The monoisotopic (exact) mass is 377 g/mol. The van der Waals surface area contributed by atoms with Crippen LogP contribution in [0.2, 0.25) is 0 Å². The van der Waals surface area contributed by atoms with Gasteiger partial charge in [-0.15, -0.1) is 0 Å². The molecule has 3 aromatic rings. The number of fused-ring (bicyclic) bond motifs is 1. The van der Waals surface area contributed by atoms with Crippen molar-refractivity contribution in [2.45, 2.75) is 26.3 Å². The number of nitrogens with zero attached hydrogens (tertiary/aromatic N) is 3. The highest BCUT2D eigenvalue weighted by molar-refractivity contribution is 5.77. The minimum Gasteiger partial charge on any atom is -0.481 e. The number of benzene rings is 2. The number of aliphatic carboxylic acids is 1. The third kappa shape index (κ3) is 3.50. The van der Waals surface area contributed by atoms with Crippen LogP contribution in [0.15, 0.2) is 53.3 Å². The van der Waals surface area contributed by atoms with Gasteiger partial charge in [-0.1, -0.05) is 42.0 Å². The lowest BCUT2D eigenvalue weighted by molar-refractivity contribution is -0.141. The molecule has 4 rings (SSSR count). The van der Waals surface area contributed by atoms with Gasteiger partial charge in [0.15, 0.2) is 5.82 Å². The lowest BCUT2D eigenvalue weighted by atomic mass is 9.98. The van der Waals surface area contributed by atoms with Crippen molar-refractivity contribution in [3.63, 3.8) is 0 Å². The first kappa shape index (κ1) is 18.2. The molecule has 0 amide bonds. The molecule has 1 aliphatic rings. The van der Waals surface area contributed by atoms with Gasteiger partial charge < -0.3 is 10.0 Å². The van der Waals surface area contributed by atoms with Crippen LogP contribution in [0.5, 0.6) is 0 Å². The van der Waals surface area contributed by atoms with Gasteiger partial charge in [0.1, 0.15) is 0 Å². The van der Waals surface area contributed by atoms with Crippen LogP contribution in [0.25, 0.3) is 11.0 Å². The molecule has 1 aliphatic heterocycles. The predicted octanol–water partition coefficient (Wildman–Crippen LogP) is 3.05. The molecule has 2 heterocycles. The minimum atomic E-state index is -0.814. The first-order valence-electron chi connectivity index (χ1n) is 9.56. The maximum Gasteiger partial charge on any atom is 0.308 e. The molecular formula is C22H23N3O3. The average molecular weight is 377 g/mol. The Balaban J connectivity index is 1.81. The smallest absolute Gasteiger partial charge is 0.308 e. The molecule has 1 N–H and O–H groups in total. The van der Waals surface area contributed by atoms with Gasteiger partial charge in [-0.25, -0.2) is 4.98 Å². The summed E-state index contributed by atoms with van der Waals surface area (Å²) in [5.41, 5.74) is 3.54. The van der Waals surface area contributed by atoms with Crippen LogP contribution < -0.4 is 10.5 Å². The van der Waals surface area contributed by atoms with Crippen molar-refractivity contribution in [1.29, 1.82) is 0 Å². The van der Waals surface area contributed by atoms with Crippen LogP contribution in [-0.4, -0.2) is 33.7 Å². The van der Waals surface area contributed by atoms with E-state index in [-0.39, 0.29) is 5.56 Å². The number of anilines is 1. The second kappa shape index (κ2) is 7.46. The molecule has 1 aromatic heterocycles. The summed E-state index contributed by atoms with van der Waals surface area (Å²) in [6, 6.07) is 15.7. The minimum absolute atomic E-state index is 0.175. The number of carboxylic acid groups (broad SMARTS) is 1. The van der Waals surface area contributed by atoms with E-state index in [0.717, 1.165) is 28.6 Å². The van der Waals surface area contributed by atoms with Crippen molar-refractivity contribution in [3.8, 4) is 0 Å². The highest BCUT2D eigenvalue weighted by Gasteiger charge is 2.28. The molecule has 28 heavy (non-hydrogen) atoms. The zero-order chi connectivity index (χ0) is 19.7. The van der Waals surface area contributed by atoms with E-state index in [1.54, 1.807) is 4.57 Å². The summed E-state index contributed by atoms with van der Waals surface area (Å²) in [6.07, 6.45) is 1.37. The highest BCUT2D eigenvalue weighted by atomic mass is 16.4. The molecule has 1 saturated heterocycles. The second-order valence-electron chi connectivity index (χ2n) is 7.43. The fourth-order valence-electron chi connectivity index (χ4n) is 3.91. The van der Waals surface area contributed by atoms with Crippen LogP contribution in [0.4, 0.5) is 5.82 Å². The molecule has 144 valence electrons. The number of hydrogen-bond donors (Lipinski definition) is 1. The van der Waals surface area contributed by atoms with Gasteiger partial charge in [-0.2, -0.15) is 0 Å². The Labute approximate surface area is 163 Å². The summed E-state index contributed by atoms with van der Waals surface area (Å²) >= 11 is 0. The maximum atomic E-state index is 13.4. The summed E-state index contributed by atoms with van der Waals surface area (Å²) in [7, 11) is 0. The molecule has 1 atom stereocenters. The lowest BCUT2D eigenvalue weighted by Gasteiger charge is -2.31. The normalized spacial score (nSPS) is 17.0. The van der Waals surface area contributed by atoms with Gasteiger partial charge in [0.05, 0.1) is 23.5 Å². The third-order valence-corrected chi connectivity index (χ3v) is 5.33. The van der Waals surface area contributed by atoms with E-state index in [4.69, 9.17) is 0 Å². The van der Waals surface area contributed by atoms with E-state index >= 15 is 0 Å². The zero-order valence-corrected chi connectivity index (χ0v) is 15.8. The summed E-state index contributed by atoms with van der Waals surface area (Å²) in [6.45, 7) is 3.45. The maximum absolute atomic E-state index is 13.4. The molecule has 0 bridgehead atoms. The fourth-order valence-corrected chi connectivity index (χ4v) is 3.91. The number of carboxylic acids is 1. The fraction of sp³-hybridized carbons (Fsp3) is 0.318. The summed E-state index contributed by atoms with van der Waals surface area (Å²) in [5.74, 6) is -0.936. The quantitative estimate of drug-likeness (QED) is 0.756. The van der Waals surface area contributed by atoms with Crippen molar-refractivity contribution in [2.24, 2.45) is 5.92 Å². The van der Waals surface area contributed by atoms with Crippen LogP contribution in [0.1, 0.15) is 24.0 Å². The van der Waals surface area contributed by atoms with E-state index in [2.05, 4.69) is 11.1 Å². The Morgan fingerprint density at radius 3 is 2.82 bits per heavy atom. The summed E-state index contributed by atoms with van der Waals surface area (Å²) < 4.78 is 1.75. The van der Waals surface area contributed by atoms with Crippen LogP contribution in [-0.2, 0) is 11.3 Å². The van der Waals surface area contributed by atoms with E-state index in [1.165, 1.54) is 0 Å². The van der Waals surface area contributed by atoms with Crippen molar-refractivity contribution in [2.75, 3.05) is 18.0 Å². The molecule has 0 spiro atoms. The van der Waals surface area contributed by atoms with Gasteiger partial charge >= 0.3 is 5.97 Å². The average Bonchev–Trinajstić information content (AvgIpc) is 2.70. The molecule has 0 aliphatic carbocycles.